The van der Waals surface area contributed by atoms with E-state index in [9.17, 15) is 4.79 Å². The number of anilines is 1. The Kier molecular flexibility index (Phi) is 2.44. The highest BCUT2D eigenvalue weighted by Crippen LogP contribution is 2.36. The van der Waals surface area contributed by atoms with Crippen LogP contribution in [0.5, 0.6) is 0 Å². The summed E-state index contributed by atoms with van der Waals surface area (Å²) in [6.07, 6.45) is 2.82. The average Bonchev–Trinajstić information content (AvgIpc) is 3.07. The van der Waals surface area contributed by atoms with E-state index >= 15 is 0 Å². The van der Waals surface area contributed by atoms with Crippen LogP contribution in [-0.4, -0.2) is 11.6 Å². The van der Waals surface area contributed by atoms with Crippen molar-refractivity contribution < 1.29 is 4.79 Å². The summed E-state index contributed by atoms with van der Waals surface area (Å²) in [5, 5.41) is 6.57. The quantitative estimate of drug-likeness (QED) is 0.791. The SMILES string of the molecule is Cc1ccc(N2N=C(C3CC3)CC2=O)cc1Cl. The van der Waals surface area contributed by atoms with Gasteiger partial charge in [0.2, 0.25) is 0 Å². The number of halogens is 1. The topological polar surface area (TPSA) is 32.7 Å². The molecular weight excluding hydrogens is 236 g/mol. The Morgan fingerprint density at radius 3 is 2.82 bits per heavy atom. The van der Waals surface area contributed by atoms with Gasteiger partial charge in [-0.15, -0.1) is 0 Å². The maximum atomic E-state index is 11.9. The van der Waals surface area contributed by atoms with Crippen molar-refractivity contribution in [3.8, 4) is 0 Å². The minimum atomic E-state index is 0.0480. The Hall–Kier alpha value is -1.35. The van der Waals surface area contributed by atoms with Crippen LogP contribution < -0.4 is 5.01 Å². The summed E-state index contributed by atoms with van der Waals surface area (Å²) in [5.74, 6) is 0.594. The van der Waals surface area contributed by atoms with E-state index in [1.165, 1.54) is 17.9 Å². The lowest BCUT2D eigenvalue weighted by molar-refractivity contribution is -0.116. The molecule has 17 heavy (non-hydrogen) atoms. The molecule has 1 heterocycles. The number of rotatable bonds is 2. The Morgan fingerprint density at radius 1 is 1.41 bits per heavy atom. The minimum Gasteiger partial charge on any atom is -0.272 e. The van der Waals surface area contributed by atoms with Crippen molar-refractivity contribution in [1.29, 1.82) is 0 Å². The molecule has 3 rings (SSSR count). The van der Waals surface area contributed by atoms with Gasteiger partial charge in [-0.1, -0.05) is 17.7 Å². The maximum absolute atomic E-state index is 11.9. The van der Waals surface area contributed by atoms with Crippen molar-refractivity contribution >= 4 is 28.9 Å². The van der Waals surface area contributed by atoms with Gasteiger partial charge in [0.1, 0.15) is 0 Å². The highest BCUT2D eigenvalue weighted by molar-refractivity contribution is 6.31. The van der Waals surface area contributed by atoms with E-state index < -0.39 is 0 Å². The largest absolute Gasteiger partial charge is 0.272 e. The number of hydrogen-bond donors (Lipinski definition) is 0. The van der Waals surface area contributed by atoms with E-state index in [-0.39, 0.29) is 5.91 Å². The molecule has 1 aliphatic carbocycles. The summed E-state index contributed by atoms with van der Waals surface area (Å²) in [6.45, 7) is 1.94. The first-order chi connectivity index (χ1) is 8.15. The van der Waals surface area contributed by atoms with Gasteiger partial charge < -0.3 is 0 Å². The van der Waals surface area contributed by atoms with E-state index in [0.29, 0.717) is 17.4 Å². The van der Waals surface area contributed by atoms with Crippen LogP contribution in [-0.2, 0) is 4.79 Å². The Labute approximate surface area is 105 Å². The standard InChI is InChI=1S/C13H13ClN2O/c1-8-2-5-10(6-11(8)14)16-13(17)7-12(15-16)9-3-4-9/h2,5-6,9H,3-4,7H2,1H3. The molecule has 0 saturated heterocycles. The predicted molar refractivity (Wildman–Crippen MR) is 68.5 cm³/mol. The molecule has 3 nitrogen and oxygen atoms in total. The second-order valence-electron chi connectivity index (χ2n) is 4.68. The van der Waals surface area contributed by atoms with E-state index in [4.69, 9.17) is 11.6 Å². The molecular formula is C13H13ClN2O. The number of nitrogens with zero attached hydrogens (tertiary/aromatic N) is 2. The number of benzene rings is 1. The molecule has 2 aliphatic rings. The first-order valence-corrected chi connectivity index (χ1v) is 6.19. The first-order valence-electron chi connectivity index (χ1n) is 5.81. The van der Waals surface area contributed by atoms with Crippen LogP contribution in [0.3, 0.4) is 0 Å². The zero-order chi connectivity index (χ0) is 12.0. The summed E-state index contributed by atoms with van der Waals surface area (Å²) in [7, 11) is 0. The Bertz CT molecular complexity index is 520. The normalized spacial score (nSPS) is 19.8. The second-order valence-corrected chi connectivity index (χ2v) is 5.09. The van der Waals surface area contributed by atoms with Crippen LogP contribution in [0, 0.1) is 12.8 Å². The van der Waals surface area contributed by atoms with Gasteiger partial charge in [-0.3, -0.25) is 4.79 Å². The summed E-state index contributed by atoms with van der Waals surface area (Å²) in [4.78, 5) is 11.9. The molecule has 0 N–H and O–H groups in total. The van der Waals surface area contributed by atoms with Crippen LogP contribution in [0.15, 0.2) is 23.3 Å². The molecule has 0 bridgehead atoms. The van der Waals surface area contributed by atoms with Crippen LogP contribution >= 0.6 is 11.6 Å². The van der Waals surface area contributed by atoms with Gasteiger partial charge in [0.25, 0.3) is 5.91 Å². The number of hydrazone groups is 1. The van der Waals surface area contributed by atoms with Gasteiger partial charge in [-0.05, 0) is 43.4 Å². The molecule has 1 aliphatic heterocycles. The lowest BCUT2D eigenvalue weighted by atomic mass is 10.2. The molecule has 0 spiro atoms. The van der Waals surface area contributed by atoms with Crippen molar-refractivity contribution in [2.24, 2.45) is 11.0 Å². The molecule has 1 aromatic rings. The molecule has 1 amide bonds. The van der Waals surface area contributed by atoms with Crippen LogP contribution in [0.2, 0.25) is 5.02 Å². The van der Waals surface area contributed by atoms with Crippen molar-refractivity contribution in [3.05, 3.63) is 28.8 Å². The molecule has 0 radical (unpaired) electrons. The van der Waals surface area contributed by atoms with Crippen molar-refractivity contribution in [2.45, 2.75) is 26.2 Å². The maximum Gasteiger partial charge on any atom is 0.253 e. The summed E-state index contributed by atoms with van der Waals surface area (Å²) in [6, 6.07) is 5.60. The average molecular weight is 249 g/mol. The number of hydrogen-bond acceptors (Lipinski definition) is 2. The molecule has 0 aromatic heterocycles. The molecule has 4 heteroatoms. The van der Waals surface area contributed by atoms with Crippen molar-refractivity contribution in [3.63, 3.8) is 0 Å². The first kappa shape index (κ1) is 10.8. The highest BCUT2D eigenvalue weighted by Gasteiger charge is 2.35. The van der Waals surface area contributed by atoms with E-state index in [1.54, 1.807) is 6.07 Å². The smallest absolute Gasteiger partial charge is 0.253 e. The van der Waals surface area contributed by atoms with E-state index in [2.05, 4.69) is 5.10 Å². The van der Waals surface area contributed by atoms with E-state index in [1.807, 2.05) is 19.1 Å². The van der Waals surface area contributed by atoms with Crippen LogP contribution in [0.4, 0.5) is 5.69 Å². The van der Waals surface area contributed by atoms with Gasteiger partial charge in [0.15, 0.2) is 0 Å². The fourth-order valence-electron chi connectivity index (χ4n) is 2.01. The third-order valence-electron chi connectivity index (χ3n) is 3.25. The van der Waals surface area contributed by atoms with Gasteiger partial charge in [-0.2, -0.15) is 5.10 Å². The lowest BCUT2D eigenvalue weighted by Gasteiger charge is -2.12. The van der Waals surface area contributed by atoms with Gasteiger partial charge in [-0.25, -0.2) is 5.01 Å². The van der Waals surface area contributed by atoms with Crippen LogP contribution in [0.1, 0.15) is 24.8 Å². The highest BCUT2D eigenvalue weighted by atomic mass is 35.5. The molecule has 0 atom stereocenters. The fourth-order valence-corrected chi connectivity index (χ4v) is 2.18. The number of amides is 1. The fraction of sp³-hybridized carbons (Fsp3) is 0.385. The zero-order valence-electron chi connectivity index (χ0n) is 9.61. The monoisotopic (exact) mass is 248 g/mol. The number of carbonyl (C=O) groups excluding carboxylic acids is 1. The third-order valence-corrected chi connectivity index (χ3v) is 3.65. The number of carbonyl (C=O) groups is 1. The van der Waals surface area contributed by atoms with Gasteiger partial charge in [0, 0.05) is 5.02 Å². The molecule has 1 aromatic carbocycles. The van der Waals surface area contributed by atoms with Gasteiger partial charge in [0.05, 0.1) is 17.8 Å². The van der Waals surface area contributed by atoms with Gasteiger partial charge >= 0.3 is 0 Å². The molecule has 88 valence electrons. The summed E-state index contributed by atoms with van der Waals surface area (Å²) in [5.41, 5.74) is 2.81. The number of aryl methyl sites for hydroxylation is 1. The summed E-state index contributed by atoms with van der Waals surface area (Å²) < 4.78 is 0. The minimum absolute atomic E-state index is 0.0480. The van der Waals surface area contributed by atoms with Crippen LogP contribution in [0.25, 0.3) is 0 Å². The molecule has 1 saturated carbocycles. The lowest BCUT2D eigenvalue weighted by Crippen LogP contribution is -2.19. The second kappa shape index (κ2) is 3.84. The Morgan fingerprint density at radius 2 is 2.18 bits per heavy atom. The third kappa shape index (κ3) is 1.95. The van der Waals surface area contributed by atoms with Crippen molar-refractivity contribution in [2.75, 3.05) is 5.01 Å². The van der Waals surface area contributed by atoms with Crippen molar-refractivity contribution in [1.82, 2.24) is 0 Å². The summed E-state index contributed by atoms with van der Waals surface area (Å²) >= 11 is 6.06. The van der Waals surface area contributed by atoms with E-state index in [0.717, 1.165) is 17.0 Å². The molecule has 1 fully saturated rings. The zero-order valence-corrected chi connectivity index (χ0v) is 10.4. The predicted octanol–water partition coefficient (Wildman–Crippen LogP) is 3.15. The molecule has 0 unspecified atom stereocenters. The Balaban J connectivity index is 1.92.